The number of amides is 1. The Morgan fingerprint density at radius 2 is 2.16 bits per heavy atom. The van der Waals surface area contributed by atoms with Crippen molar-refractivity contribution in [1.29, 1.82) is 0 Å². The molecule has 1 aromatic rings. The standard InChI is InChI=1S/C9H15N5O3S2/c1-13(2)19(16,17)7-8(10)12-18-9(7)14-4-3-11-6(15)5-14/h3-5H2,1-2H3,(H2,10,12)(H,11,15). The highest BCUT2D eigenvalue weighted by Crippen LogP contribution is 2.35. The van der Waals surface area contributed by atoms with Crippen molar-refractivity contribution < 1.29 is 13.2 Å². The van der Waals surface area contributed by atoms with E-state index in [1.807, 2.05) is 0 Å². The van der Waals surface area contributed by atoms with E-state index in [-0.39, 0.29) is 23.2 Å². The number of carbonyl (C=O) groups excluding carboxylic acids is 1. The molecule has 0 spiro atoms. The summed E-state index contributed by atoms with van der Waals surface area (Å²) in [6.45, 7) is 1.11. The summed E-state index contributed by atoms with van der Waals surface area (Å²) < 4.78 is 29.5. The summed E-state index contributed by atoms with van der Waals surface area (Å²) in [6.07, 6.45) is 0. The van der Waals surface area contributed by atoms with Crippen LogP contribution in [0, 0.1) is 0 Å². The van der Waals surface area contributed by atoms with Gasteiger partial charge in [0.1, 0.15) is 5.00 Å². The first kappa shape index (κ1) is 14.0. The molecular formula is C9H15N5O3S2. The van der Waals surface area contributed by atoms with Crippen molar-refractivity contribution in [2.24, 2.45) is 0 Å². The molecule has 1 aromatic heterocycles. The maximum absolute atomic E-state index is 12.2. The lowest BCUT2D eigenvalue weighted by Crippen LogP contribution is -2.47. The average molecular weight is 305 g/mol. The van der Waals surface area contributed by atoms with Crippen LogP contribution in [0.1, 0.15) is 0 Å². The second kappa shape index (κ2) is 4.94. The van der Waals surface area contributed by atoms with Crippen LogP contribution >= 0.6 is 11.5 Å². The van der Waals surface area contributed by atoms with E-state index in [2.05, 4.69) is 9.69 Å². The molecule has 19 heavy (non-hydrogen) atoms. The number of hydrogen-bond acceptors (Lipinski definition) is 7. The van der Waals surface area contributed by atoms with Gasteiger partial charge in [-0.05, 0) is 11.5 Å². The normalized spacial score (nSPS) is 16.8. The lowest BCUT2D eigenvalue weighted by atomic mass is 10.3. The predicted octanol–water partition coefficient (Wildman–Crippen LogP) is -1.09. The largest absolute Gasteiger partial charge is 0.382 e. The molecule has 0 atom stereocenters. The first-order valence-electron chi connectivity index (χ1n) is 5.53. The van der Waals surface area contributed by atoms with Crippen LogP contribution in [0.3, 0.4) is 0 Å². The summed E-state index contributed by atoms with van der Waals surface area (Å²) in [7, 11) is -0.819. The number of piperazine rings is 1. The summed E-state index contributed by atoms with van der Waals surface area (Å²) in [5.74, 6) is -0.175. The van der Waals surface area contributed by atoms with E-state index in [4.69, 9.17) is 5.73 Å². The van der Waals surface area contributed by atoms with Crippen LogP contribution in [-0.2, 0) is 14.8 Å². The van der Waals surface area contributed by atoms with Crippen molar-refractivity contribution in [1.82, 2.24) is 14.0 Å². The van der Waals surface area contributed by atoms with Gasteiger partial charge >= 0.3 is 0 Å². The van der Waals surface area contributed by atoms with E-state index in [1.54, 1.807) is 4.90 Å². The van der Waals surface area contributed by atoms with Gasteiger partial charge in [-0.15, -0.1) is 0 Å². The monoisotopic (exact) mass is 305 g/mol. The molecule has 1 fully saturated rings. The summed E-state index contributed by atoms with van der Waals surface area (Å²) in [5, 5.41) is 3.10. The van der Waals surface area contributed by atoms with Gasteiger partial charge in [0.25, 0.3) is 0 Å². The molecule has 0 aliphatic carbocycles. The molecule has 106 valence electrons. The van der Waals surface area contributed by atoms with Gasteiger partial charge in [-0.3, -0.25) is 4.79 Å². The summed E-state index contributed by atoms with van der Waals surface area (Å²) in [4.78, 5) is 13.1. The Morgan fingerprint density at radius 3 is 2.74 bits per heavy atom. The molecule has 1 saturated heterocycles. The predicted molar refractivity (Wildman–Crippen MR) is 72.6 cm³/mol. The van der Waals surface area contributed by atoms with Crippen molar-refractivity contribution in [2.75, 3.05) is 44.4 Å². The molecular weight excluding hydrogens is 290 g/mol. The first-order valence-corrected chi connectivity index (χ1v) is 7.74. The molecule has 8 nitrogen and oxygen atoms in total. The van der Waals surface area contributed by atoms with Gasteiger partial charge in [-0.1, -0.05) is 0 Å². The summed E-state index contributed by atoms with van der Waals surface area (Å²) in [6, 6.07) is 0. The number of carbonyl (C=O) groups is 1. The molecule has 3 N–H and O–H groups in total. The molecule has 1 aliphatic rings. The van der Waals surface area contributed by atoms with Gasteiger partial charge < -0.3 is 16.0 Å². The highest BCUT2D eigenvalue weighted by atomic mass is 32.2. The minimum absolute atomic E-state index is 0.0165. The molecule has 0 radical (unpaired) electrons. The van der Waals surface area contributed by atoms with E-state index in [0.29, 0.717) is 18.1 Å². The highest BCUT2D eigenvalue weighted by molar-refractivity contribution is 7.89. The Labute approximate surface area is 115 Å². The Kier molecular flexibility index (Phi) is 3.65. The van der Waals surface area contributed by atoms with E-state index < -0.39 is 10.0 Å². The number of sulfonamides is 1. The zero-order valence-corrected chi connectivity index (χ0v) is 12.2. The van der Waals surface area contributed by atoms with Gasteiger partial charge in [0, 0.05) is 27.2 Å². The van der Waals surface area contributed by atoms with Crippen molar-refractivity contribution >= 4 is 38.3 Å². The fourth-order valence-corrected chi connectivity index (χ4v) is 3.97. The van der Waals surface area contributed by atoms with Crippen LogP contribution in [0.5, 0.6) is 0 Å². The SMILES string of the molecule is CN(C)S(=O)(=O)c1c(N)nsc1N1CCNC(=O)C1. The van der Waals surface area contributed by atoms with Crippen LogP contribution in [0.2, 0.25) is 0 Å². The third kappa shape index (κ3) is 2.51. The Morgan fingerprint density at radius 1 is 1.47 bits per heavy atom. The zero-order chi connectivity index (χ0) is 14.2. The minimum Gasteiger partial charge on any atom is -0.382 e. The highest BCUT2D eigenvalue weighted by Gasteiger charge is 2.31. The Balaban J connectivity index is 2.46. The number of anilines is 2. The van der Waals surface area contributed by atoms with Crippen LogP contribution in [0.4, 0.5) is 10.8 Å². The number of hydrogen-bond donors (Lipinski definition) is 2. The molecule has 10 heteroatoms. The van der Waals surface area contributed by atoms with Crippen molar-refractivity contribution in [3.63, 3.8) is 0 Å². The molecule has 0 unspecified atom stereocenters. The first-order chi connectivity index (χ1) is 8.84. The smallest absolute Gasteiger partial charge is 0.249 e. The van der Waals surface area contributed by atoms with Crippen molar-refractivity contribution in [2.45, 2.75) is 4.90 Å². The van der Waals surface area contributed by atoms with Crippen LogP contribution in [0.25, 0.3) is 0 Å². The summed E-state index contributed by atoms with van der Waals surface area (Å²) in [5.41, 5.74) is 5.67. The number of nitrogens with zero attached hydrogens (tertiary/aromatic N) is 3. The van der Waals surface area contributed by atoms with Crippen LogP contribution in [-0.4, -0.2) is 56.7 Å². The number of nitrogens with two attached hydrogens (primary N) is 1. The number of rotatable bonds is 3. The average Bonchev–Trinajstić information content (AvgIpc) is 2.71. The fraction of sp³-hybridized carbons (Fsp3) is 0.556. The third-order valence-corrected chi connectivity index (χ3v) is 5.65. The minimum atomic E-state index is -3.68. The Hall–Kier alpha value is -1.39. The molecule has 2 heterocycles. The topological polar surface area (TPSA) is 109 Å². The van der Waals surface area contributed by atoms with E-state index in [9.17, 15) is 13.2 Å². The third-order valence-electron chi connectivity index (χ3n) is 2.72. The van der Waals surface area contributed by atoms with Crippen LogP contribution in [0.15, 0.2) is 4.90 Å². The number of nitrogens with one attached hydrogen (secondary N) is 1. The molecule has 0 bridgehead atoms. The van der Waals surface area contributed by atoms with Crippen molar-refractivity contribution in [3.05, 3.63) is 0 Å². The number of aromatic nitrogens is 1. The van der Waals surface area contributed by atoms with E-state index >= 15 is 0 Å². The summed E-state index contributed by atoms with van der Waals surface area (Å²) >= 11 is 0.994. The lowest BCUT2D eigenvalue weighted by molar-refractivity contribution is -0.120. The molecule has 2 rings (SSSR count). The Bertz CT molecular complexity index is 595. The van der Waals surface area contributed by atoms with Crippen molar-refractivity contribution in [3.8, 4) is 0 Å². The maximum Gasteiger partial charge on any atom is 0.249 e. The van der Waals surface area contributed by atoms with E-state index in [0.717, 1.165) is 15.8 Å². The zero-order valence-electron chi connectivity index (χ0n) is 10.6. The van der Waals surface area contributed by atoms with Gasteiger partial charge in [0.15, 0.2) is 10.7 Å². The molecule has 1 aliphatic heterocycles. The maximum atomic E-state index is 12.2. The fourth-order valence-electron chi connectivity index (χ4n) is 1.72. The van der Waals surface area contributed by atoms with E-state index in [1.165, 1.54) is 14.1 Å². The van der Waals surface area contributed by atoms with Gasteiger partial charge in [0.05, 0.1) is 6.54 Å². The van der Waals surface area contributed by atoms with Gasteiger partial charge in [-0.2, -0.15) is 4.37 Å². The quantitative estimate of drug-likeness (QED) is 0.734. The second-order valence-electron chi connectivity index (χ2n) is 4.26. The van der Waals surface area contributed by atoms with Gasteiger partial charge in [0.2, 0.25) is 15.9 Å². The lowest BCUT2D eigenvalue weighted by Gasteiger charge is -2.28. The number of nitrogen functional groups attached to an aromatic ring is 1. The second-order valence-corrected chi connectivity index (χ2v) is 7.10. The molecule has 0 aromatic carbocycles. The molecule has 1 amide bonds. The van der Waals surface area contributed by atoms with Gasteiger partial charge in [-0.25, -0.2) is 12.7 Å². The van der Waals surface area contributed by atoms with Crippen LogP contribution < -0.4 is 16.0 Å². The molecule has 0 saturated carbocycles.